The second kappa shape index (κ2) is 7.31. The Kier molecular flexibility index (Phi) is 4.73. The molecule has 1 atom stereocenters. The minimum atomic E-state index is -0.867. The summed E-state index contributed by atoms with van der Waals surface area (Å²) < 4.78 is 5.32. The molecular formula is C19H21N5O2. The lowest BCUT2D eigenvalue weighted by atomic mass is 9.89. The molecule has 2 aromatic heterocycles. The number of benzene rings is 1. The van der Waals surface area contributed by atoms with Gasteiger partial charge in [0.1, 0.15) is 0 Å². The standard InChI is InChI=1S/C19H21N5O2/c25-19(8-4-11-24(14-19)13-15-6-2-1-3-7-15)12-16-22-18(23-26-16)17-20-9-5-10-21-17/h1-3,5-7,9-10,25H,4,8,11-14H2. The lowest BCUT2D eigenvalue weighted by Gasteiger charge is -2.38. The number of nitrogens with zero attached hydrogens (tertiary/aromatic N) is 5. The third kappa shape index (κ3) is 3.95. The summed E-state index contributed by atoms with van der Waals surface area (Å²) in [6, 6.07) is 12.0. The molecule has 7 nitrogen and oxygen atoms in total. The van der Waals surface area contributed by atoms with Crippen LogP contribution in [-0.4, -0.2) is 48.8 Å². The molecule has 0 saturated carbocycles. The Balaban J connectivity index is 1.43. The van der Waals surface area contributed by atoms with Crippen molar-refractivity contribution in [1.29, 1.82) is 0 Å². The van der Waals surface area contributed by atoms with E-state index in [2.05, 4.69) is 37.1 Å². The third-order valence-corrected chi connectivity index (χ3v) is 4.60. The van der Waals surface area contributed by atoms with Crippen molar-refractivity contribution in [2.45, 2.75) is 31.4 Å². The zero-order valence-electron chi connectivity index (χ0n) is 14.5. The third-order valence-electron chi connectivity index (χ3n) is 4.60. The van der Waals surface area contributed by atoms with Crippen LogP contribution in [-0.2, 0) is 13.0 Å². The van der Waals surface area contributed by atoms with Crippen molar-refractivity contribution in [2.75, 3.05) is 13.1 Å². The Labute approximate surface area is 151 Å². The summed E-state index contributed by atoms with van der Waals surface area (Å²) >= 11 is 0. The highest BCUT2D eigenvalue weighted by Gasteiger charge is 2.35. The van der Waals surface area contributed by atoms with Crippen LogP contribution >= 0.6 is 0 Å². The lowest BCUT2D eigenvalue weighted by molar-refractivity contribution is -0.0373. The number of hydrogen-bond donors (Lipinski definition) is 1. The molecular weight excluding hydrogens is 330 g/mol. The Hall–Kier alpha value is -2.64. The van der Waals surface area contributed by atoms with E-state index in [0.717, 1.165) is 25.9 Å². The molecule has 1 saturated heterocycles. The van der Waals surface area contributed by atoms with Gasteiger partial charge in [-0.25, -0.2) is 9.97 Å². The van der Waals surface area contributed by atoms with Gasteiger partial charge in [0.05, 0.1) is 12.0 Å². The highest BCUT2D eigenvalue weighted by molar-refractivity contribution is 5.40. The molecule has 3 heterocycles. The Bertz CT molecular complexity index is 839. The molecule has 7 heteroatoms. The van der Waals surface area contributed by atoms with E-state index in [1.165, 1.54) is 5.56 Å². The predicted octanol–water partition coefficient (Wildman–Crippen LogP) is 2.10. The summed E-state index contributed by atoms with van der Waals surface area (Å²) in [5.74, 6) is 1.18. The fraction of sp³-hybridized carbons (Fsp3) is 0.368. The van der Waals surface area contributed by atoms with Gasteiger partial charge in [-0.3, -0.25) is 4.90 Å². The topological polar surface area (TPSA) is 88.2 Å². The van der Waals surface area contributed by atoms with E-state index in [0.29, 0.717) is 30.5 Å². The molecule has 0 radical (unpaired) electrons. The fourth-order valence-electron chi connectivity index (χ4n) is 3.44. The van der Waals surface area contributed by atoms with Gasteiger partial charge in [0.25, 0.3) is 0 Å². The zero-order valence-corrected chi connectivity index (χ0v) is 14.5. The maximum atomic E-state index is 11.1. The van der Waals surface area contributed by atoms with Crippen molar-refractivity contribution in [3.05, 3.63) is 60.2 Å². The smallest absolute Gasteiger partial charge is 0.240 e. The molecule has 26 heavy (non-hydrogen) atoms. The minimum absolute atomic E-state index is 0.331. The molecule has 1 aliphatic heterocycles. The molecule has 0 spiro atoms. The maximum absolute atomic E-state index is 11.1. The van der Waals surface area contributed by atoms with Crippen LogP contribution in [0.4, 0.5) is 0 Å². The van der Waals surface area contributed by atoms with E-state index in [1.54, 1.807) is 18.5 Å². The Morgan fingerprint density at radius 2 is 1.88 bits per heavy atom. The first-order chi connectivity index (χ1) is 12.7. The van der Waals surface area contributed by atoms with Crippen molar-refractivity contribution in [3.63, 3.8) is 0 Å². The summed E-state index contributed by atoms with van der Waals surface area (Å²) in [6.07, 6.45) is 5.26. The molecule has 1 aliphatic rings. The predicted molar refractivity (Wildman–Crippen MR) is 94.9 cm³/mol. The van der Waals surface area contributed by atoms with Gasteiger partial charge in [-0.2, -0.15) is 4.98 Å². The average molecular weight is 351 g/mol. The Morgan fingerprint density at radius 1 is 1.08 bits per heavy atom. The van der Waals surface area contributed by atoms with Gasteiger partial charge in [-0.1, -0.05) is 35.5 Å². The maximum Gasteiger partial charge on any atom is 0.240 e. The van der Waals surface area contributed by atoms with Crippen LogP contribution < -0.4 is 0 Å². The van der Waals surface area contributed by atoms with Crippen molar-refractivity contribution >= 4 is 0 Å². The first-order valence-electron chi connectivity index (χ1n) is 8.79. The lowest BCUT2D eigenvalue weighted by Crippen LogP contribution is -2.49. The van der Waals surface area contributed by atoms with Gasteiger partial charge in [0.2, 0.25) is 17.5 Å². The average Bonchev–Trinajstić information content (AvgIpc) is 3.11. The minimum Gasteiger partial charge on any atom is -0.388 e. The van der Waals surface area contributed by atoms with Gasteiger partial charge >= 0.3 is 0 Å². The number of rotatable bonds is 5. The summed E-state index contributed by atoms with van der Waals surface area (Å²) in [5.41, 5.74) is 0.382. The highest BCUT2D eigenvalue weighted by atomic mass is 16.5. The zero-order chi connectivity index (χ0) is 17.8. The first kappa shape index (κ1) is 16.8. The van der Waals surface area contributed by atoms with Crippen molar-refractivity contribution < 1.29 is 9.63 Å². The van der Waals surface area contributed by atoms with Gasteiger partial charge in [-0.05, 0) is 31.0 Å². The van der Waals surface area contributed by atoms with Crippen LogP contribution in [0.5, 0.6) is 0 Å². The molecule has 1 unspecified atom stereocenters. The largest absolute Gasteiger partial charge is 0.388 e. The van der Waals surface area contributed by atoms with Crippen molar-refractivity contribution in [3.8, 4) is 11.6 Å². The van der Waals surface area contributed by atoms with Gasteiger partial charge < -0.3 is 9.63 Å². The molecule has 4 rings (SSSR count). The van der Waals surface area contributed by atoms with Crippen LogP contribution in [0.15, 0.2) is 53.3 Å². The number of likely N-dealkylation sites (tertiary alicyclic amines) is 1. The van der Waals surface area contributed by atoms with E-state index in [-0.39, 0.29) is 0 Å². The number of piperidine rings is 1. The van der Waals surface area contributed by atoms with Gasteiger partial charge in [0.15, 0.2) is 0 Å². The van der Waals surface area contributed by atoms with Crippen molar-refractivity contribution in [1.82, 2.24) is 25.0 Å². The first-order valence-corrected chi connectivity index (χ1v) is 8.79. The van der Waals surface area contributed by atoms with E-state index < -0.39 is 5.60 Å². The number of β-amino-alcohol motifs (C(OH)–C–C–N with tert-alkyl or cyclic N) is 1. The number of aliphatic hydroxyl groups is 1. The number of aromatic nitrogens is 4. The van der Waals surface area contributed by atoms with Gasteiger partial charge in [-0.15, -0.1) is 0 Å². The second-order valence-electron chi connectivity index (χ2n) is 6.79. The normalized spacial score (nSPS) is 21.0. The molecule has 0 amide bonds. The molecule has 3 aromatic rings. The summed E-state index contributed by atoms with van der Waals surface area (Å²) in [4.78, 5) is 14.9. The fourth-order valence-corrected chi connectivity index (χ4v) is 3.44. The van der Waals surface area contributed by atoms with E-state index >= 15 is 0 Å². The molecule has 0 aliphatic carbocycles. The summed E-state index contributed by atoms with van der Waals surface area (Å²) in [6.45, 7) is 2.39. The van der Waals surface area contributed by atoms with Crippen LogP contribution in [0, 0.1) is 0 Å². The quantitative estimate of drug-likeness (QED) is 0.753. The SMILES string of the molecule is OC1(Cc2nc(-c3ncccn3)no2)CCCN(Cc2ccccc2)C1. The van der Waals surface area contributed by atoms with Crippen molar-refractivity contribution in [2.24, 2.45) is 0 Å². The summed E-state index contributed by atoms with van der Waals surface area (Å²) in [7, 11) is 0. The molecule has 134 valence electrons. The molecule has 1 fully saturated rings. The summed E-state index contributed by atoms with van der Waals surface area (Å²) in [5, 5.41) is 15.0. The molecule has 1 N–H and O–H groups in total. The van der Waals surface area contributed by atoms with Gasteiger partial charge in [0, 0.05) is 25.5 Å². The van der Waals surface area contributed by atoms with E-state index in [9.17, 15) is 5.11 Å². The second-order valence-corrected chi connectivity index (χ2v) is 6.79. The Morgan fingerprint density at radius 3 is 2.69 bits per heavy atom. The van der Waals surface area contributed by atoms with E-state index in [4.69, 9.17) is 4.52 Å². The van der Waals surface area contributed by atoms with Crippen LogP contribution in [0.2, 0.25) is 0 Å². The van der Waals surface area contributed by atoms with Crippen LogP contribution in [0.1, 0.15) is 24.3 Å². The van der Waals surface area contributed by atoms with Crippen LogP contribution in [0.25, 0.3) is 11.6 Å². The number of hydrogen-bond acceptors (Lipinski definition) is 7. The molecule has 0 bridgehead atoms. The van der Waals surface area contributed by atoms with Crippen LogP contribution in [0.3, 0.4) is 0 Å². The molecule has 1 aromatic carbocycles. The monoisotopic (exact) mass is 351 g/mol. The van der Waals surface area contributed by atoms with E-state index in [1.807, 2.05) is 18.2 Å². The highest BCUT2D eigenvalue weighted by Crippen LogP contribution is 2.26.